The van der Waals surface area contributed by atoms with Crippen LogP contribution in [0.2, 0.25) is 0 Å². The van der Waals surface area contributed by atoms with E-state index in [0.717, 1.165) is 18.6 Å². The topological polar surface area (TPSA) is 21.3 Å². The average Bonchev–Trinajstić information content (AvgIpc) is 2.68. The van der Waals surface area contributed by atoms with Gasteiger partial charge in [-0.05, 0) is 62.5 Å². The Balaban J connectivity index is 1.61. The van der Waals surface area contributed by atoms with Crippen molar-refractivity contribution in [3.05, 3.63) is 0 Å². The molecule has 1 spiro atoms. The smallest absolute Gasteiger partial charge is 0.0701 e. The third-order valence-corrected chi connectivity index (χ3v) is 6.09. The molecule has 3 saturated heterocycles. The molecule has 0 aromatic carbocycles. The molecule has 0 aromatic rings. The molecule has 18 heavy (non-hydrogen) atoms. The number of thioether (sulfide) groups is 1. The van der Waals surface area contributed by atoms with Crippen molar-refractivity contribution < 1.29 is 4.74 Å². The van der Waals surface area contributed by atoms with Crippen LogP contribution in [0.25, 0.3) is 0 Å². The lowest BCUT2D eigenvalue weighted by molar-refractivity contribution is -0.107. The van der Waals surface area contributed by atoms with E-state index in [0.29, 0.717) is 0 Å². The van der Waals surface area contributed by atoms with Crippen molar-refractivity contribution in [3.8, 4) is 0 Å². The van der Waals surface area contributed by atoms with E-state index in [1.54, 1.807) is 0 Å². The fourth-order valence-corrected chi connectivity index (χ4v) is 5.20. The molecule has 2 unspecified atom stereocenters. The summed E-state index contributed by atoms with van der Waals surface area (Å²) in [6.07, 6.45) is 10.8. The number of hydrogen-bond donors (Lipinski definition) is 1. The Morgan fingerprint density at radius 3 is 2.83 bits per heavy atom. The fraction of sp³-hybridized carbons (Fsp3) is 1.00. The van der Waals surface area contributed by atoms with Gasteiger partial charge >= 0.3 is 0 Å². The third kappa shape index (κ3) is 3.05. The largest absolute Gasteiger partial charge is 0.375 e. The second-order valence-electron chi connectivity index (χ2n) is 6.31. The summed E-state index contributed by atoms with van der Waals surface area (Å²) in [4.78, 5) is 0. The molecule has 0 saturated carbocycles. The van der Waals surface area contributed by atoms with Crippen molar-refractivity contribution in [2.45, 2.75) is 63.0 Å². The van der Waals surface area contributed by atoms with Gasteiger partial charge in [-0.1, -0.05) is 12.8 Å². The molecule has 0 aromatic heterocycles. The van der Waals surface area contributed by atoms with E-state index in [4.69, 9.17) is 4.74 Å². The van der Waals surface area contributed by atoms with Crippen molar-refractivity contribution in [1.82, 2.24) is 5.32 Å². The zero-order valence-corrected chi connectivity index (χ0v) is 12.3. The van der Waals surface area contributed by atoms with Crippen LogP contribution < -0.4 is 5.32 Å². The number of nitrogens with one attached hydrogen (secondary N) is 1. The summed E-state index contributed by atoms with van der Waals surface area (Å²) in [5.41, 5.74) is 0.266. The SMILES string of the molecule is C1CCNC(C2CCOC3(CCSCC3)C2)CC1. The Kier molecular flexibility index (Phi) is 4.53. The van der Waals surface area contributed by atoms with E-state index in [9.17, 15) is 0 Å². The summed E-state index contributed by atoms with van der Waals surface area (Å²) in [6.45, 7) is 2.25. The minimum Gasteiger partial charge on any atom is -0.375 e. The first-order chi connectivity index (χ1) is 8.88. The zero-order chi connectivity index (χ0) is 12.3. The number of rotatable bonds is 1. The molecule has 3 heteroatoms. The second-order valence-corrected chi connectivity index (χ2v) is 7.53. The maximum atomic E-state index is 6.22. The van der Waals surface area contributed by atoms with E-state index in [2.05, 4.69) is 17.1 Å². The predicted molar refractivity (Wildman–Crippen MR) is 78.2 cm³/mol. The summed E-state index contributed by atoms with van der Waals surface area (Å²) in [7, 11) is 0. The highest BCUT2D eigenvalue weighted by atomic mass is 32.2. The fourth-order valence-electron chi connectivity index (χ4n) is 3.96. The third-order valence-electron chi connectivity index (χ3n) is 5.10. The van der Waals surface area contributed by atoms with Gasteiger partial charge < -0.3 is 10.1 Å². The molecule has 1 N–H and O–H groups in total. The van der Waals surface area contributed by atoms with Crippen LogP contribution in [-0.4, -0.2) is 36.3 Å². The molecule has 3 aliphatic rings. The quantitative estimate of drug-likeness (QED) is 0.790. The first kappa shape index (κ1) is 13.3. The van der Waals surface area contributed by atoms with Gasteiger partial charge in [0.15, 0.2) is 0 Å². The number of hydrogen-bond acceptors (Lipinski definition) is 3. The lowest BCUT2D eigenvalue weighted by Gasteiger charge is -2.45. The van der Waals surface area contributed by atoms with Gasteiger partial charge in [0.2, 0.25) is 0 Å². The standard InChI is InChI=1S/C15H27NOS/c1-2-4-14(16-8-3-1)13-5-9-17-15(12-13)6-10-18-11-7-15/h13-14,16H,1-12H2. The van der Waals surface area contributed by atoms with Gasteiger partial charge in [0, 0.05) is 12.6 Å². The van der Waals surface area contributed by atoms with Crippen LogP contribution in [0, 0.1) is 5.92 Å². The Bertz CT molecular complexity index is 252. The Morgan fingerprint density at radius 2 is 1.94 bits per heavy atom. The first-order valence-corrected chi connectivity index (χ1v) is 8.99. The van der Waals surface area contributed by atoms with Crippen LogP contribution in [0.15, 0.2) is 0 Å². The van der Waals surface area contributed by atoms with Crippen LogP contribution in [0.1, 0.15) is 51.4 Å². The molecule has 3 heterocycles. The first-order valence-electron chi connectivity index (χ1n) is 7.83. The Hall–Kier alpha value is 0.270. The van der Waals surface area contributed by atoms with Gasteiger partial charge in [-0.15, -0.1) is 0 Å². The highest BCUT2D eigenvalue weighted by molar-refractivity contribution is 7.99. The van der Waals surface area contributed by atoms with Crippen molar-refractivity contribution in [3.63, 3.8) is 0 Å². The van der Waals surface area contributed by atoms with Gasteiger partial charge in [-0.3, -0.25) is 0 Å². The van der Waals surface area contributed by atoms with Crippen LogP contribution >= 0.6 is 11.8 Å². The van der Waals surface area contributed by atoms with E-state index < -0.39 is 0 Å². The zero-order valence-electron chi connectivity index (χ0n) is 11.5. The Labute approximate surface area is 116 Å². The molecule has 2 atom stereocenters. The molecule has 2 nitrogen and oxygen atoms in total. The van der Waals surface area contributed by atoms with Crippen molar-refractivity contribution in [2.24, 2.45) is 5.92 Å². The predicted octanol–water partition coefficient (Wildman–Crippen LogP) is 3.21. The monoisotopic (exact) mass is 269 g/mol. The normalized spacial score (nSPS) is 37.3. The van der Waals surface area contributed by atoms with Crippen molar-refractivity contribution in [2.75, 3.05) is 24.7 Å². The minimum atomic E-state index is 0.266. The van der Waals surface area contributed by atoms with Gasteiger partial charge in [0.05, 0.1) is 5.60 Å². The summed E-state index contributed by atoms with van der Waals surface area (Å²) < 4.78 is 6.22. The second kappa shape index (κ2) is 6.15. The van der Waals surface area contributed by atoms with Crippen LogP contribution in [0.3, 0.4) is 0 Å². The highest BCUT2D eigenvalue weighted by Gasteiger charge is 2.40. The molecule has 104 valence electrons. The van der Waals surface area contributed by atoms with Crippen molar-refractivity contribution >= 4 is 11.8 Å². The lowest BCUT2D eigenvalue weighted by Crippen LogP contribution is -2.48. The molecule has 3 aliphatic heterocycles. The molecule has 3 fully saturated rings. The van der Waals surface area contributed by atoms with Crippen molar-refractivity contribution in [1.29, 1.82) is 0 Å². The molecule has 0 aliphatic carbocycles. The van der Waals surface area contributed by atoms with Crippen LogP contribution in [0.5, 0.6) is 0 Å². The van der Waals surface area contributed by atoms with E-state index >= 15 is 0 Å². The summed E-state index contributed by atoms with van der Waals surface area (Å²) in [5, 5.41) is 3.81. The van der Waals surface area contributed by atoms with Gasteiger partial charge in [0.1, 0.15) is 0 Å². The van der Waals surface area contributed by atoms with E-state index in [1.807, 2.05) is 0 Å². The summed E-state index contributed by atoms with van der Waals surface area (Å²) in [5.74, 6) is 3.50. The highest BCUT2D eigenvalue weighted by Crippen LogP contribution is 2.41. The molecule has 3 rings (SSSR count). The average molecular weight is 269 g/mol. The maximum absolute atomic E-state index is 6.22. The maximum Gasteiger partial charge on any atom is 0.0701 e. The van der Waals surface area contributed by atoms with Crippen LogP contribution in [-0.2, 0) is 4.74 Å². The molecule has 0 bridgehead atoms. The molecule has 0 amide bonds. The van der Waals surface area contributed by atoms with Gasteiger partial charge in [-0.2, -0.15) is 11.8 Å². The summed E-state index contributed by atoms with van der Waals surface area (Å²) in [6, 6.07) is 0.780. The van der Waals surface area contributed by atoms with E-state index in [1.165, 1.54) is 69.4 Å². The molecular weight excluding hydrogens is 242 g/mol. The number of ether oxygens (including phenoxy) is 1. The summed E-state index contributed by atoms with van der Waals surface area (Å²) >= 11 is 2.11. The van der Waals surface area contributed by atoms with Gasteiger partial charge in [0.25, 0.3) is 0 Å². The molecule has 0 radical (unpaired) electrons. The lowest BCUT2D eigenvalue weighted by atomic mass is 9.77. The molecular formula is C15H27NOS. The van der Waals surface area contributed by atoms with Crippen LogP contribution in [0.4, 0.5) is 0 Å². The van der Waals surface area contributed by atoms with Gasteiger partial charge in [-0.25, -0.2) is 0 Å². The van der Waals surface area contributed by atoms with E-state index in [-0.39, 0.29) is 5.60 Å². The Morgan fingerprint density at radius 1 is 1.06 bits per heavy atom. The minimum absolute atomic E-state index is 0.266.